The fourth-order valence-corrected chi connectivity index (χ4v) is 2.43. The van der Waals surface area contributed by atoms with Gasteiger partial charge in [0.2, 0.25) is 0 Å². The first-order valence-corrected chi connectivity index (χ1v) is 7.07. The molecule has 0 aliphatic carbocycles. The predicted molar refractivity (Wildman–Crippen MR) is 85.3 cm³/mol. The van der Waals surface area contributed by atoms with Crippen LogP contribution in [-0.4, -0.2) is 5.11 Å². The van der Waals surface area contributed by atoms with Crippen LogP contribution in [0.4, 0.5) is 0 Å². The molecule has 0 unspecified atom stereocenters. The molecule has 0 saturated carbocycles. The quantitative estimate of drug-likeness (QED) is 0.838. The van der Waals surface area contributed by atoms with Crippen molar-refractivity contribution in [2.45, 2.75) is 26.9 Å². The molecule has 2 rings (SSSR count). The van der Waals surface area contributed by atoms with E-state index in [-0.39, 0.29) is 5.92 Å². The highest BCUT2D eigenvalue weighted by Gasteiger charge is 2.19. The van der Waals surface area contributed by atoms with Gasteiger partial charge >= 0.3 is 0 Å². The Morgan fingerprint density at radius 1 is 0.850 bits per heavy atom. The van der Waals surface area contributed by atoms with Crippen LogP contribution in [0.3, 0.4) is 0 Å². The third-order valence-electron chi connectivity index (χ3n) is 4.10. The van der Waals surface area contributed by atoms with E-state index in [4.69, 9.17) is 0 Å². The first-order valence-electron chi connectivity index (χ1n) is 7.07. The van der Waals surface area contributed by atoms with Crippen LogP contribution in [-0.2, 0) is 0 Å². The number of benzene rings is 2. The van der Waals surface area contributed by atoms with Gasteiger partial charge in [-0.1, -0.05) is 73.2 Å². The lowest BCUT2D eigenvalue weighted by atomic mass is 9.87. The molecule has 0 spiro atoms. The Kier molecular flexibility index (Phi) is 4.75. The summed E-state index contributed by atoms with van der Waals surface area (Å²) in [6, 6.07) is 20.2. The minimum Gasteiger partial charge on any atom is -0.388 e. The van der Waals surface area contributed by atoms with Gasteiger partial charge in [0.05, 0.1) is 6.10 Å². The molecule has 0 aromatic heterocycles. The van der Waals surface area contributed by atoms with Gasteiger partial charge < -0.3 is 5.11 Å². The second-order valence-corrected chi connectivity index (χ2v) is 5.32. The summed E-state index contributed by atoms with van der Waals surface area (Å²) in [4.78, 5) is 0. The van der Waals surface area contributed by atoms with Crippen LogP contribution in [0.25, 0.3) is 5.57 Å². The predicted octanol–water partition coefficient (Wildman–Crippen LogP) is 4.85. The van der Waals surface area contributed by atoms with Gasteiger partial charge in [0, 0.05) is 5.92 Å². The summed E-state index contributed by atoms with van der Waals surface area (Å²) >= 11 is 0. The summed E-state index contributed by atoms with van der Waals surface area (Å²) in [5.74, 6) is 0.0950. The summed E-state index contributed by atoms with van der Waals surface area (Å²) in [5, 5.41) is 10.5. The molecule has 1 heteroatoms. The lowest BCUT2D eigenvalue weighted by molar-refractivity contribution is 0.135. The highest BCUT2D eigenvalue weighted by atomic mass is 16.3. The third-order valence-corrected chi connectivity index (χ3v) is 4.10. The molecule has 0 heterocycles. The molecule has 2 aromatic rings. The van der Waals surface area contributed by atoms with Crippen molar-refractivity contribution in [3.05, 3.63) is 77.4 Å². The van der Waals surface area contributed by atoms with Gasteiger partial charge in [-0.3, -0.25) is 0 Å². The highest BCUT2D eigenvalue weighted by molar-refractivity contribution is 5.66. The normalized spacial score (nSPS) is 15.4. The minimum atomic E-state index is -0.463. The number of rotatable bonds is 4. The zero-order valence-corrected chi connectivity index (χ0v) is 12.4. The van der Waals surface area contributed by atoms with Crippen molar-refractivity contribution in [3.8, 4) is 0 Å². The fraction of sp³-hybridized carbons (Fsp3) is 0.263. The van der Waals surface area contributed by atoms with Crippen molar-refractivity contribution in [1.29, 1.82) is 0 Å². The second-order valence-electron chi connectivity index (χ2n) is 5.32. The summed E-state index contributed by atoms with van der Waals surface area (Å²) < 4.78 is 0. The van der Waals surface area contributed by atoms with Gasteiger partial charge in [0.1, 0.15) is 0 Å². The lowest BCUT2D eigenvalue weighted by Gasteiger charge is -2.22. The van der Waals surface area contributed by atoms with E-state index < -0.39 is 6.10 Å². The van der Waals surface area contributed by atoms with Crippen molar-refractivity contribution < 1.29 is 5.11 Å². The average molecular weight is 266 g/mol. The maximum atomic E-state index is 10.5. The van der Waals surface area contributed by atoms with E-state index in [0.717, 1.165) is 5.56 Å². The molecular weight excluding hydrogens is 244 g/mol. The van der Waals surface area contributed by atoms with Gasteiger partial charge in [-0.15, -0.1) is 0 Å². The van der Waals surface area contributed by atoms with Crippen LogP contribution < -0.4 is 0 Å². The molecule has 1 nitrogen and oxygen atoms in total. The standard InChI is InChI=1S/C19H22O/c1-14(15(2)17-10-6-4-7-11-17)16(3)19(20)18-12-8-5-9-13-18/h4-13,16,19-20H,1-3H3/b15-14-/t16-,19-/m0/s1. The zero-order valence-electron chi connectivity index (χ0n) is 12.4. The summed E-state index contributed by atoms with van der Waals surface area (Å²) in [6.07, 6.45) is -0.463. The van der Waals surface area contributed by atoms with Crippen LogP contribution in [0.5, 0.6) is 0 Å². The average Bonchev–Trinajstić information content (AvgIpc) is 2.53. The maximum Gasteiger partial charge on any atom is 0.0852 e. The van der Waals surface area contributed by atoms with Crippen molar-refractivity contribution in [2.75, 3.05) is 0 Å². The third kappa shape index (κ3) is 3.17. The molecule has 0 radical (unpaired) electrons. The Morgan fingerprint density at radius 3 is 1.90 bits per heavy atom. The Hall–Kier alpha value is -1.86. The summed E-state index contributed by atoms with van der Waals surface area (Å²) in [7, 11) is 0. The summed E-state index contributed by atoms with van der Waals surface area (Å²) in [6.45, 7) is 6.32. The van der Waals surface area contributed by atoms with Crippen LogP contribution in [0, 0.1) is 5.92 Å². The number of hydrogen-bond acceptors (Lipinski definition) is 1. The zero-order chi connectivity index (χ0) is 14.5. The number of aliphatic hydroxyl groups is 1. The van der Waals surface area contributed by atoms with Crippen molar-refractivity contribution in [1.82, 2.24) is 0 Å². The van der Waals surface area contributed by atoms with Crippen molar-refractivity contribution >= 4 is 5.57 Å². The van der Waals surface area contributed by atoms with E-state index in [2.05, 4.69) is 32.9 Å². The van der Waals surface area contributed by atoms with Crippen LogP contribution in [0.15, 0.2) is 66.2 Å². The molecule has 0 bridgehead atoms. The molecule has 20 heavy (non-hydrogen) atoms. The van der Waals surface area contributed by atoms with E-state index >= 15 is 0 Å². The minimum absolute atomic E-state index is 0.0950. The SMILES string of the molecule is C/C(=C(\C)[C@H](C)[C@H](O)c1ccccc1)c1ccccc1. The Balaban J connectivity index is 2.26. The maximum absolute atomic E-state index is 10.5. The first kappa shape index (κ1) is 14.5. The van der Waals surface area contributed by atoms with E-state index in [1.54, 1.807) is 0 Å². The van der Waals surface area contributed by atoms with Crippen LogP contribution in [0.2, 0.25) is 0 Å². The Bertz CT molecular complexity index is 569. The van der Waals surface area contributed by atoms with Gasteiger partial charge in [-0.2, -0.15) is 0 Å². The van der Waals surface area contributed by atoms with E-state index in [0.29, 0.717) is 0 Å². The van der Waals surface area contributed by atoms with Crippen molar-refractivity contribution in [2.24, 2.45) is 5.92 Å². The topological polar surface area (TPSA) is 20.2 Å². The van der Waals surface area contributed by atoms with Gasteiger partial charge in [0.15, 0.2) is 0 Å². The van der Waals surface area contributed by atoms with E-state index in [1.165, 1.54) is 16.7 Å². The molecule has 0 fully saturated rings. The lowest BCUT2D eigenvalue weighted by Crippen LogP contribution is -2.11. The molecule has 0 saturated heterocycles. The molecule has 2 aromatic carbocycles. The van der Waals surface area contributed by atoms with Crippen LogP contribution in [0.1, 0.15) is 38.0 Å². The number of aliphatic hydroxyl groups excluding tert-OH is 1. The summed E-state index contributed by atoms with van der Waals surface area (Å²) in [5.41, 5.74) is 4.66. The number of hydrogen-bond donors (Lipinski definition) is 1. The van der Waals surface area contributed by atoms with Crippen LogP contribution >= 0.6 is 0 Å². The molecule has 0 amide bonds. The van der Waals surface area contributed by atoms with Crippen molar-refractivity contribution in [3.63, 3.8) is 0 Å². The van der Waals surface area contributed by atoms with E-state index in [9.17, 15) is 5.11 Å². The molecule has 2 atom stereocenters. The highest BCUT2D eigenvalue weighted by Crippen LogP contribution is 2.31. The van der Waals surface area contributed by atoms with Gasteiger partial charge in [0.25, 0.3) is 0 Å². The fourth-order valence-electron chi connectivity index (χ4n) is 2.43. The largest absolute Gasteiger partial charge is 0.388 e. The monoisotopic (exact) mass is 266 g/mol. The molecule has 104 valence electrons. The molecule has 0 aliphatic heterocycles. The molecule has 0 aliphatic rings. The Labute approximate surface area is 121 Å². The van der Waals surface area contributed by atoms with Gasteiger partial charge in [-0.25, -0.2) is 0 Å². The molecule has 1 N–H and O–H groups in total. The molecular formula is C19H22O. The van der Waals surface area contributed by atoms with E-state index in [1.807, 2.05) is 48.5 Å². The first-order chi connectivity index (χ1) is 9.61. The Morgan fingerprint density at radius 2 is 1.35 bits per heavy atom. The van der Waals surface area contributed by atoms with Gasteiger partial charge in [-0.05, 0) is 30.5 Å². The second kappa shape index (κ2) is 6.53. The number of allylic oxidation sites excluding steroid dienone is 1. The smallest absolute Gasteiger partial charge is 0.0852 e.